The summed E-state index contributed by atoms with van der Waals surface area (Å²) in [7, 11) is 0. The molecular weight excluding hydrogens is 268 g/mol. The number of benzene rings is 2. The van der Waals surface area contributed by atoms with E-state index in [0.29, 0.717) is 17.4 Å². The minimum atomic E-state index is -1.25. The average molecular weight is 284 g/mol. The van der Waals surface area contributed by atoms with Gasteiger partial charge in [-0.2, -0.15) is 0 Å². The lowest BCUT2D eigenvalue weighted by Crippen LogP contribution is -2.25. The molecule has 0 aliphatic rings. The SMILES string of the molecule is CC(C)(C)Cc1c(C(=O)[O-])ccc2cc(C(=O)[O-])ccc12. The van der Waals surface area contributed by atoms with Crippen LogP contribution < -0.4 is 10.2 Å². The molecule has 2 rings (SSSR count). The molecule has 2 aromatic carbocycles. The van der Waals surface area contributed by atoms with Crippen LogP contribution in [-0.2, 0) is 6.42 Å². The summed E-state index contributed by atoms with van der Waals surface area (Å²) in [6.45, 7) is 6.04. The first-order valence-corrected chi connectivity index (χ1v) is 6.67. The lowest BCUT2D eigenvalue weighted by molar-refractivity contribution is -0.256. The second-order valence-electron chi connectivity index (χ2n) is 6.34. The van der Waals surface area contributed by atoms with E-state index in [-0.39, 0.29) is 16.5 Å². The molecule has 21 heavy (non-hydrogen) atoms. The summed E-state index contributed by atoms with van der Waals surface area (Å²) in [5, 5.41) is 23.6. The third kappa shape index (κ3) is 3.21. The summed E-state index contributed by atoms with van der Waals surface area (Å²) in [6.07, 6.45) is 0.554. The maximum Gasteiger partial charge on any atom is 0.0718 e. The van der Waals surface area contributed by atoms with Gasteiger partial charge in [0.05, 0.1) is 11.9 Å². The summed E-state index contributed by atoms with van der Waals surface area (Å²) < 4.78 is 0. The second-order valence-corrected chi connectivity index (χ2v) is 6.34. The predicted molar refractivity (Wildman–Crippen MR) is 75.8 cm³/mol. The highest BCUT2D eigenvalue weighted by atomic mass is 16.4. The zero-order chi connectivity index (χ0) is 15.8. The topological polar surface area (TPSA) is 80.3 Å². The fraction of sp³-hybridized carbons (Fsp3) is 0.294. The number of carboxylic acid groups (broad SMARTS) is 2. The summed E-state index contributed by atoms with van der Waals surface area (Å²) in [5.41, 5.74) is 0.792. The second kappa shape index (κ2) is 5.20. The van der Waals surface area contributed by atoms with Gasteiger partial charge in [-0.3, -0.25) is 0 Å². The molecule has 0 aromatic heterocycles. The largest absolute Gasteiger partial charge is 0.545 e. The average Bonchev–Trinajstić information content (AvgIpc) is 2.36. The number of rotatable bonds is 3. The van der Waals surface area contributed by atoms with Crippen molar-refractivity contribution in [2.75, 3.05) is 0 Å². The molecule has 0 heterocycles. The molecule has 0 N–H and O–H groups in total. The van der Waals surface area contributed by atoms with E-state index < -0.39 is 11.9 Å². The number of aromatic carboxylic acids is 2. The van der Waals surface area contributed by atoms with Crippen LogP contribution in [-0.4, -0.2) is 11.9 Å². The first-order chi connectivity index (χ1) is 9.69. The molecule has 2 aromatic rings. The van der Waals surface area contributed by atoms with Crippen LogP contribution in [0.3, 0.4) is 0 Å². The van der Waals surface area contributed by atoms with E-state index in [2.05, 4.69) is 0 Å². The van der Waals surface area contributed by atoms with Gasteiger partial charge in [-0.15, -0.1) is 0 Å². The molecule has 0 saturated carbocycles. The fourth-order valence-corrected chi connectivity index (χ4v) is 2.43. The number of fused-ring (bicyclic) bond motifs is 1. The molecule has 0 radical (unpaired) electrons. The van der Waals surface area contributed by atoms with Gasteiger partial charge >= 0.3 is 0 Å². The van der Waals surface area contributed by atoms with Gasteiger partial charge in [-0.25, -0.2) is 0 Å². The van der Waals surface area contributed by atoms with Gasteiger partial charge in [0, 0.05) is 5.56 Å². The molecule has 0 spiro atoms. The van der Waals surface area contributed by atoms with Crippen LogP contribution in [0, 0.1) is 5.41 Å². The van der Waals surface area contributed by atoms with Gasteiger partial charge in [0.15, 0.2) is 0 Å². The Labute approximate surface area is 123 Å². The first-order valence-electron chi connectivity index (χ1n) is 6.67. The Hall–Kier alpha value is -2.36. The quantitative estimate of drug-likeness (QED) is 0.847. The third-order valence-electron chi connectivity index (χ3n) is 3.29. The van der Waals surface area contributed by atoms with Crippen LogP contribution in [0.4, 0.5) is 0 Å². The molecule has 0 atom stereocenters. The van der Waals surface area contributed by atoms with E-state index in [1.807, 2.05) is 20.8 Å². The van der Waals surface area contributed by atoms with Crippen molar-refractivity contribution >= 4 is 22.7 Å². The van der Waals surface area contributed by atoms with Gasteiger partial charge in [-0.05, 0) is 39.8 Å². The summed E-state index contributed by atoms with van der Waals surface area (Å²) in [4.78, 5) is 22.2. The highest BCUT2D eigenvalue weighted by Crippen LogP contribution is 2.30. The monoisotopic (exact) mass is 284 g/mol. The van der Waals surface area contributed by atoms with Gasteiger partial charge in [0.25, 0.3) is 0 Å². The van der Waals surface area contributed by atoms with Gasteiger partial charge in [-0.1, -0.05) is 45.0 Å². The Morgan fingerprint density at radius 3 is 2.19 bits per heavy atom. The molecule has 0 aliphatic carbocycles. The highest BCUT2D eigenvalue weighted by Gasteiger charge is 2.17. The summed E-state index contributed by atoms with van der Waals surface area (Å²) in [5.74, 6) is -2.47. The molecule has 0 bridgehead atoms. The number of carboxylic acids is 2. The zero-order valence-corrected chi connectivity index (χ0v) is 12.2. The van der Waals surface area contributed by atoms with Crippen molar-refractivity contribution in [2.24, 2.45) is 5.41 Å². The van der Waals surface area contributed by atoms with Gasteiger partial charge in [0.2, 0.25) is 0 Å². The van der Waals surface area contributed by atoms with Crippen molar-refractivity contribution in [1.82, 2.24) is 0 Å². The third-order valence-corrected chi connectivity index (χ3v) is 3.29. The van der Waals surface area contributed by atoms with Crippen LogP contribution in [0.1, 0.15) is 47.1 Å². The minimum Gasteiger partial charge on any atom is -0.545 e. The maximum atomic E-state index is 11.3. The van der Waals surface area contributed by atoms with Crippen LogP contribution in [0.15, 0.2) is 30.3 Å². The van der Waals surface area contributed by atoms with Crippen molar-refractivity contribution in [3.05, 3.63) is 47.0 Å². The molecule has 0 unspecified atom stereocenters. The van der Waals surface area contributed by atoms with E-state index >= 15 is 0 Å². The zero-order valence-electron chi connectivity index (χ0n) is 12.2. The minimum absolute atomic E-state index is 0.0745. The number of carbonyl (C=O) groups excluding carboxylic acids is 2. The van der Waals surface area contributed by atoms with Crippen molar-refractivity contribution in [2.45, 2.75) is 27.2 Å². The van der Waals surface area contributed by atoms with Crippen molar-refractivity contribution in [3.8, 4) is 0 Å². The Kier molecular flexibility index (Phi) is 3.73. The smallest absolute Gasteiger partial charge is 0.0718 e. The first kappa shape index (κ1) is 15.0. The van der Waals surface area contributed by atoms with E-state index in [0.717, 1.165) is 5.39 Å². The van der Waals surface area contributed by atoms with E-state index in [4.69, 9.17) is 0 Å². The highest BCUT2D eigenvalue weighted by molar-refractivity contribution is 5.99. The fourth-order valence-electron chi connectivity index (χ4n) is 2.43. The Morgan fingerprint density at radius 2 is 1.67 bits per heavy atom. The molecule has 4 nitrogen and oxygen atoms in total. The van der Waals surface area contributed by atoms with E-state index in [1.165, 1.54) is 18.2 Å². The summed E-state index contributed by atoms with van der Waals surface area (Å²) in [6, 6.07) is 7.63. The number of hydrogen-bond acceptors (Lipinski definition) is 4. The molecule has 0 aliphatic heterocycles. The Bertz CT molecular complexity index is 723. The van der Waals surface area contributed by atoms with Gasteiger partial charge in [0.1, 0.15) is 0 Å². The lowest BCUT2D eigenvalue weighted by Gasteiger charge is -2.23. The Balaban J connectivity index is 2.72. The van der Waals surface area contributed by atoms with E-state index in [1.54, 1.807) is 12.1 Å². The van der Waals surface area contributed by atoms with Crippen LogP contribution in [0.2, 0.25) is 0 Å². The number of carbonyl (C=O) groups is 2. The van der Waals surface area contributed by atoms with Gasteiger partial charge < -0.3 is 19.8 Å². The lowest BCUT2D eigenvalue weighted by atomic mass is 9.83. The van der Waals surface area contributed by atoms with Crippen molar-refractivity contribution in [1.29, 1.82) is 0 Å². The molecule has 110 valence electrons. The number of hydrogen-bond donors (Lipinski definition) is 0. The molecular formula is C17H16O4-2. The van der Waals surface area contributed by atoms with Crippen molar-refractivity contribution < 1.29 is 19.8 Å². The standard InChI is InChI=1S/C17H18O4/c1-17(2,3)9-14-12-6-5-11(15(18)19)8-10(12)4-7-13(14)16(20)21/h4-8H,9H2,1-3H3,(H,18,19)(H,20,21)/p-2. The van der Waals surface area contributed by atoms with Crippen LogP contribution in [0.25, 0.3) is 10.8 Å². The molecule has 0 fully saturated rings. The maximum absolute atomic E-state index is 11.3. The van der Waals surface area contributed by atoms with E-state index in [9.17, 15) is 19.8 Å². The van der Waals surface area contributed by atoms with Crippen LogP contribution in [0.5, 0.6) is 0 Å². The molecule has 0 saturated heterocycles. The predicted octanol–water partition coefficient (Wildman–Crippen LogP) is 1.16. The Morgan fingerprint density at radius 1 is 1.00 bits per heavy atom. The molecule has 4 heteroatoms. The van der Waals surface area contributed by atoms with Crippen LogP contribution >= 0.6 is 0 Å². The summed E-state index contributed by atoms with van der Waals surface area (Å²) >= 11 is 0. The molecule has 0 amide bonds. The normalized spacial score (nSPS) is 11.6. The van der Waals surface area contributed by atoms with Crippen molar-refractivity contribution in [3.63, 3.8) is 0 Å².